The van der Waals surface area contributed by atoms with Crippen LogP contribution in [0.15, 0.2) is 24.3 Å². The minimum Gasteiger partial charge on any atom is -0.380 e. The molecule has 2 unspecified atom stereocenters. The van der Waals surface area contributed by atoms with Crippen LogP contribution >= 0.6 is 0 Å². The second-order valence-corrected chi connectivity index (χ2v) is 5.54. The highest BCUT2D eigenvalue weighted by Gasteiger charge is 2.25. The summed E-state index contributed by atoms with van der Waals surface area (Å²) in [6.45, 7) is 4.87. The number of rotatable bonds is 2. The zero-order valence-electron chi connectivity index (χ0n) is 10.7. The monoisotopic (exact) mass is 230 g/mol. The van der Waals surface area contributed by atoms with E-state index in [1.807, 2.05) is 0 Å². The molecule has 0 aromatic heterocycles. The van der Waals surface area contributed by atoms with Gasteiger partial charge in [-0.2, -0.15) is 0 Å². The predicted molar refractivity (Wildman–Crippen MR) is 72.4 cm³/mol. The first-order valence-corrected chi connectivity index (χ1v) is 6.91. The van der Waals surface area contributed by atoms with Crippen molar-refractivity contribution in [3.8, 4) is 0 Å². The number of hydrogen-bond donors (Lipinski definition) is 1. The van der Waals surface area contributed by atoms with Crippen LogP contribution in [0.25, 0.3) is 0 Å². The molecule has 2 heterocycles. The third kappa shape index (κ3) is 2.32. The molecule has 2 aliphatic heterocycles. The fraction of sp³-hybridized carbons (Fsp3) is 0.600. The standard InChI is InChI=1S/C15H22N2/c1-12-6-4-5-9-17(12)11-14-10-13-7-2-3-8-15(13)16-14/h2-3,7-8,12,14,16H,4-6,9-11H2,1H3. The Kier molecular flexibility index (Phi) is 3.06. The topological polar surface area (TPSA) is 15.3 Å². The summed E-state index contributed by atoms with van der Waals surface area (Å²) >= 11 is 0. The van der Waals surface area contributed by atoms with Crippen molar-refractivity contribution < 1.29 is 0 Å². The minimum atomic E-state index is 0.618. The highest BCUT2D eigenvalue weighted by atomic mass is 15.2. The van der Waals surface area contributed by atoms with E-state index in [9.17, 15) is 0 Å². The molecule has 2 atom stereocenters. The van der Waals surface area contributed by atoms with E-state index < -0.39 is 0 Å². The van der Waals surface area contributed by atoms with Gasteiger partial charge in [0.25, 0.3) is 0 Å². The Morgan fingerprint density at radius 1 is 1.29 bits per heavy atom. The van der Waals surface area contributed by atoms with Gasteiger partial charge in [-0.05, 0) is 44.4 Å². The van der Waals surface area contributed by atoms with Crippen molar-refractivity contribution in [2.24, 2.45) is 0 Å². The Morgan fingerprint density at radius 3 is 3.00 bits per heavy atom. The zero-order valence-corrected chi connectivity index (χ0v) is 10.7. The van der Waals surface area contributed by atoms with Gasteiger partial charge in [0.1, 0.15) is 0 Å². The van der Waals surface area contributed by atoms with Crippen LogP contribution in [0, 0.1) is 0 Å². The summed E-state index contributed by atoms with van der Waals surface area (Å²) in [5.41, 5.74) is 2.84. The van der Waals surface area contributed by atoms with E-state index in [0.717, 1.165) is 6.04 Å². The zero-order chi connectivity index (χ0) is 11.7. The second kappa shape index (κ2) is 4.69. The van der Waals surface area contributed by atoms with Gasteiger partial charge in [0, 0.05) is 24.3 Å². The van der Waals surface area contributed by atoms with E-state index in [2.05, 4.69) is 41.4 Å². The number of likely N-dealkylation sites (tertiary alicyclic amines) is 1. The quantitative estimate of drug-likeness (QED) is 0.840. The Labute approximate surface area is 104 Å². The van der Waals surface area contributed by atoms with Gasteiger partial charge in [-0.1, -0.05) is 24.6 Å². The summed E-state index contributed by atoms with van der Waals surface area (Å²) < 4.78 is 0. The van der Waals surface area contributed by atoms with Gasteiger partial charge in [0.15, 0.2) is 0 Å². The molecule has 0 radical (unpaired) electrons. The van der Waals surface area contributed by atoms with Gasteiger partial charge >= 0.3 is 0 Å². The minimum absolute atomic E-state index is 0.618. The molecule has 0 aliphatic carbocycles. The summed E-state index contributed by atoms with van der Waals surface area (Å²) in [7, 11) is 0. The molecule has 0 amide bonds. The van der Waals surface area contributed by atoms with Crippen molar-refractivity contribution in [1.82, 2.24) is 4.90 Å². The van der Waals surface area contributed by atoms with Gasteiger partial charge in [-0.25, -0.2) is 0 Å². The maximum absolute atomic E-state index is 3.66. The molecule has 1 aromatic carbocycles. The summed E-state index contributed by atoms with van der Waals surface area (Å²) in [5, 5.41) is 3.66. The number of para-hydroxylation sites is 1. The molecule has 2 aliphatic rings. The lowest BCUT2D eigenvalue weighted by Gasteiger charge is -2.35. The molecule has 0 saturated carbocycles. The van der Waals surface area contributed by atoms with Crippen molar-refractivity contribution >= 4 is 5.69 Å². The van der Waals surface area contributed by atoms with Crippen molar-refractivity contribution in [1.29, 1.82) is 0 Å². The van der Waals surface area contributed by atoms with Crippen LogP contribution in [0.1, 0.15) is 31.7 Å². The molecule has 2 heteroatoms. The SMILES string of the molecule is CC1CCCCN1CC1Cc2ccccc2N1. The fourth-order valence-electron chi connectivity index (χ4n) is 3.20. The third-order valence-corrected chi connectivity index (χ3v) is 4.24. The average Bonchev–Trinajstić information content (AvgIpc) is 2.74. The summed E-state index contributed by atoms with van der Waals surface area (Å²) in [5.74, 6) is 0. The summed E-state index contributed by atoms with van der Waals surface area (Å²) in [6, 6.07) is 10.1. The molecule has 1 fully saturated rings. The van der Waals surface area contributed by atoms with Crippen LogP contribution < -0.4 is 5.32 Å². The van der Waals surface area contributed by atoms with E-state index >= 15 is 0 Å². The number of piperidine rings is 1. The van der Waals surface area contributed by atoms with Gasteiger partial charge in [0.05, 0.1) is 0 Å². The molecular formula is C15H22N2. The number of anilines is 1. The first-order chi connectivity index (χ1) is 8.33. The molecule has 1 N–H and O–H groups in total. The van der Waals surface area contributed by atoms with Crippen molar-refractivity contribution in [3.63, 3.8) is 0 Å². The average molecular weight is 230 g/mol. The number of fused-ring (bicyclic) bond motifs is 1. The van der Waals surface area contributed by atoms with Gasteiger partial charge in [-0.3, -0.25) is 4.90 Å². The highest BCUT2D eigenvalue weighted by Crippen LogP contribution is 2.26. The Bertz CT molecular complexity index is 363. The smallest absolute Gasteiger partial charge is 0.0429 e. The Balaban J connectivity index is 1.61. The van der Waals surface area contributed by atoms with Crippen LogP contribution in [0.3, 0.4) is 0 Å². The van der Waals surface area contributed by atoms with Crippen LogP contribution in [0.5, 0.6) is 0 Å². The molecule has 2 nitrogen and oxygen atoms in total. The first-order valence-electron chi connectivity index (χ1n) is 6.91. The molecule has 1 aromatic rings. The normalized spacial score (nSPS) is 28.8. The molecule has 92 valence electrons. The molecule has 3 rings (SSSR count). The largest absolute Gasteiger partial charge is 0.380 e. The third-order valence-electron chi connectivity index (χ3n) is 4.24. The first kappa shape index (κ1) is 11.1. The van der Waals surface area contributed by atoms with Gasteiger partial charge in [-0.15, -0.1) is 0 Å². The lowest BCUT2D eigenvalue weighted by molar-refractivity contribution is 0.155. The van der Waals surface area contributed by atoms with Crippen LogP contribution in [-0.2, 0) is 6.42 Å². The van der Waals surface area contributed by atoms with Crippen LogP contribution in [0.2, 0.25) is 0 Å². The summed E-state index contributed by atoms with van der Waals surface area (Å²) in [6.07, 6.45) is 5.36. The Morgan fingerprint density at radius 2 is 2.18 bits per heavy atom. The van der Waals surface area contributed by atoms with Gasteiger partial charge < -0.3 is 5.32 Å². The second-order valence-electron chi connectivity index (χ2n) is 5.54. The number of hydrogen-bond acceptors (Lipinski definition) is 2. The van der Waals surface area contributed by atoms with E-state index in [-0.39, 0.29) is 0 Å². The van der Waals surface area contributed by atoms with Crippen LogP contribution in [-0.4, -0.2) is 30.1 Å². The number of benzene rings is 1. The molecule has 17 heavy (non-hydrogen) atoms. The molecule has 0 spiro atoms. The van der Waals surface area contributed by atoms with Crippen LogP contribution in [0.4, 0.5) is 5.69 Å². The highest BCUT2D eigenvalue weighted by molar-refractivity contribution is 5.56. The number of nitrogens with one attached hydrogen (secondary N) is 1. The fourth-order valence-corrected chi connectivity index (χ4v) is 3.20. The van der Waals surface area contributed by atoms with E-state index in [0.29, 0.717) is 6.04 Å². The number of nitrogens with zero attached hydrogens (tertiary/aromatic N) is 1. The van der Waals surface area contributed by atoms with Crippen molar-refractivity contribution in [2.45, 2.75) is 44.7 Å². The predicted octanol–water partition coefficient (Wildman–Crippen LogP) is 2.90. The van der Waals surface area contributed by atoms with Gasteiger partial charge in [0.2, 0.25) is 0 Å². The van der Waals surface area contributed by atoms with E-state index in [1.165, 1.54) is 50.0 Å². The van der Waals surface area contributed by atoms with E-state index in [1.54, 1.807) is 0 Å². The van der Waals surface area contributed by atoms with Crippen molar-refractivity contribution in [3.05, 3.63) is 29.8 Å². The molecule has 1 saturated heterocycles. The van der Waals surface area contributed by atoms with Crippen molar-refractivity contribution in [2.75, 3.05) is 18.4 Å². The molecule has 0 bridgehead atoms. The molecular weight excluding hydrogens is 208 g/mol. The lowest BCUT2D eigenvalue weighted by Crippen LogP contribution is -2.43. The Hall–Kier alpha value is -1.02. The maximum atomic E-state index is 3.66. The summed E-state index contributed by atoms with van der Waals surface area (Å²) in [4.78, 5) is 2.66. The van der Waals surface area contributed by atoms with E-state index in [4.69, 9.17) is 0 Å². The maximum Gasteiger partial charge on any atom is 0.0429 e. The lowest BCUT2D eigenvalue weighted by atomic mass is 10.0.